The molecule has 4 heteroatoms. The summed E-state index contributed by atoms with van der Waals surface area (Å²) in [6.45, 7) is 1.29. The summed E-state index contributed by atoms with van der Waals surface area (Å²) in [6, 6.07) is 17.5. The van der Waals surface area contributed by atoms with Crippen LogP contribution in [-0.2, 0) is 6.54 Å². The van der Waals surface area contributed by atoms with Crippen molar-refractivity contribution in [1.82, 2.24) is 4.57 Å². The van der Waals surface area contributed by atoms with Crippen LogP contribution in [-0.4, -0.2) is 18.3 Å². The quantitative estimate of drug-likeness (QED) is 0.722. The maximum absolute atomic E-state index is 9.00. The third-order valence-corrected chi connectivity index (χ3v) is 3.56. The van der Waals surface area contributed by atoms with Crippen LogP contribution in [0.4, 0.5) is 0 Å². The van der Waals surface area contributed by atoms with E-state index < -0.39 is 0 Å². The second-order valence-corrected chi connectivity index (χ2v) is 4.92. The van der Waals surface area contributed by atoms with E-state index in [9.17, 15) is 0 Å². The number of hydrogen-bond donors (Lipinski definition) is 0. The molecule has 1 aromatic heterocycles. The SMILES string of the molecule is COc1ccc(OCCn2ccc3ccc(C#N)cc32)cc1. The molecule has 0 saturated heterocycles. The minimum absolute atomic E-state index is 0.562. The van der Waals surface area contributed by atoms with Gasteiger partial charge in [-0.15, -0.1) is 0 Å². The zero-order valence-corrected chi connectivity index (χ0v) is 12.3. The van der Waals surface area contributed by atoms with Gasteiger partial charge in [-0.3, -0.25) is 0 Å². The highest BCUT2D eigenvalue weighted by Gasteiger charge is 2.03. The van der Waals surface area contributed by atoms with E-state index in [0.717, 1.165) is 28.9 Å². The van der Waals surface area contributed by atoms with Gasteiger partial charge in [-0.25, -0.2) is 0 Å². The summed E-state index contributed by atoms with van der Waals surface area (Å²) in [5.41, 5.74) is 1.72. The fourth-order valence-corrected chi connectivity index (χ4v) is 2.38. The molecule has 0 amide bonds. The average molecular weight is 292 g/mol. The Morgan fingerprint density at radius 3 is 2.55 bits per heavy atom. The van der Waals surface area contributed by atoms with Crippen LogP contribution in [0.3, 0.4) is 0 Å². The lowest BCUT2D eigenvalue weighted by atomic mass is 10.2. The molecule has 0 aliphatic carbocycles. The van der Waals surface area contributed by atoms with E-state index in [1.807, 2.05) is 54.7 Å². The first kappa shape index (κ1) is 14.0. The molecule has 0 atom stereocenters. The number of methoxy groups -OCH3 is 1. The second kappa shape index (κ2) is 6.23. The Morgan fingerprint density at radius 2 is 1.82 bits per heavy atom. The van der Waals surface area contributed by atoms with Gasteiger partial charge in [0.25, 0.3) is 0 Å². The minimum atomic E-state index is 0.562. The summed E-state index contributed by atoms with van der Waals surface area (Å²) >= 11 is 0. The third kappa shape index (κ3) is 2.89. The summed E-state index contributed by atoms with van der Waals surface area (Å²) in [4.78, 5) is 0. The Bertz CT molecular complexity index is 813. The number of aromatic nitrogens is 1. The van der Waals surface area contributed by atoms with E-state index in [0.29, 0.717) is 12.2 Å². The molecule has 0 fully saturated rings. The van der Waals surface area contributed by atoms with Crippen molar-refractivity contribution in [2.24, 2.45) is 0 Å². The first-order valence-corrected chi connectivity index (χ1v) is 7.06. The van der Waals surface area contributed by atoms with Gasteiger partial charge in [-0.1, -0.05) is 6.07 Å². The Morgan fingerprint density at radius 1 is 1.05 bits per heavy atom. The van der Waals surface area contributed by atoms with Crippen molar-refractivity contribution in [3.63, 3.8) is 0 Å². The zero-order valence-electron chi connectivity index (χ0n) is 12.3. The van der Waals surface area contributed by atoms with Gasteiger partial charge in [0.1, 0.15) is 18.1 Å². The van der Waals surface area contributed by atoms with E-state index in [1.54, 1.807) is 7.11 Å². The summed E-state index contributed by atoms with van der Waals surface area (Å²) in [6.07, 6.45) is 2.02. The van der Waals surface area contributed by atoms with Crippen LogP contribution in [0.1, 0.15) is 5.56 Å². The lowest BCUT2D eigenvalue weighted by Crippen LogP contribution is -2.07. The maximum Gasteiger partial charge on any atom is 0.119 e. The van der Waals surface area contributed by atoms with Gasteiger partial charge >= 0.3 is 0 Å². The largest absolute Gasteiger partial charge is 0.497 e. The van der Waals surface area contributed by atoms with Crippen molar-refractivity contribution in [2.75, 3.05) is 13.7 Å². The smallest absolute Gasteiger partial charge is 0.119 e. The molecule has 1 heterocycles. The number of ether oxygens (including phenoxy) is 2. The molecule has 0 aliphatic heterocycles. The highest BCUT2D eigenvalue weighted by Crippen LogP contribution is 2.19. The van der Waals surface area contributed by atoms with Crippen LogP contribution in [0, 0.1) is 11.3 Å². The van der Waals surface area contributed by atoms with Crippen LogP contribution in [0.5, 0.6) is 11.5 Å². The number of fused-ring (bicyclic) bond motifs is 1. The molecule has 0 N–H and O–H groups in total. The molecule has 2 aromatic carbocycles. The normalized spacial score (nSPS) is 10.4. The lowest BCUT2D eigenvalue weighted by molar-refractivity contribution is 0.300. The molecule has 22 heavy (non-hydrogen) atoms. The first-order chi connectivity index (χ1) is 10.8. The van der Waals surface area contributed by atoms with Crippen LogP contribution in [0.15, 0.2) is 54.7 Å². The van der Waals surface area contributed by atoms with E-state index in [1.165, 1.54) is 0 Å². The Kier molecular flexibility index (Phi) is 3.97. The minimum Gasteiger partial charge on any atom is -0.497 e. The first-order valence-electron chi connectivity index (χ1n) is 7.06. The molecule has 0 bridgehead atoms. The van der Waals surface area contributed by atoms with E-state index in [4.69, 9.17) is 14.7 Å². The van der Waals surface area contributed by atoms with Crippen molar-refractivity contribution >= 4 is 10.9 Å². The summed E-state index contributed by atoms with van der Waals surface area (Å²) in [5.74, 6) is 1.63. The van der Waals surface area contributed by atoms with Crippen LogP contribution in [0.2, 0.25) is 0 Å². The molecule has 3 rings (SSSR count). The van der Waals surface area contributed by atoms with Gasteiger partial charge in [-0.05, 0) is 47.9 Å². The molecule has 110 valence electrons. The van der Waals surface area contributed by atoms with E-state index in [-0.39, 0.29) is 0 Å². The van der Waals surface area contributed by atoms with E-state index in [2.05, 4.69) is 10.6 Å². The van der Waals surface area contributed by atoms with Crippen LogP contribution >= 0.6 is 0 Å². The molecular formula is C18H16N2O2. The Balaban J connectivity index is 1.67. The van der Waals surface area contributed by atoms with Gasteiger partial charge < -0.3 is 14.0 Å². The Labute approximate surface area is 129 Å². The highest BCUT2D eigenvalue weighted by molar-refractivity contribution is 5.81. The Hall–Kier alpha value is -2.93. The van der Waals surface area contributed by atoms with Gasteiger partial charge in [0.2, 0.25) is 0 Å². The molecule has 0 radical (unpaired) electrons. The number of nitriles is 1. The standard InChI is InChI=1S/C18H16N2O2/c1-21-16-4-6-17(7-5-16)22-11-10-20-9-8-15-3-2-14(13-19)12-18(15)20/h2-9,12H,10-11H2,1H3. The topological polar surface area (TPSA) is 47.2 Å². The lowest BCUT2D eigenvalue weighted by Gasteiger charge is -2.09. The average Bonchev–Trinajstić information content (AvgIpc) is 2.98. The number of nitrogens with zero attached hydrogens (tertiary/aromatic N) is 2. The number of benzene rings is 2. The fraction of sp³-hybridized carbons (Fsp3) is 0.167. The molecule has 4 nitrogen and oxygen atoms in total. The summed E-state index contributed by atoms with van der Waals surface area (Å²) in [7, 11) is 1.64. The maximum atomic E-state index is 9.00. The van der Waals surface area contributed by atoms with Crippen molar-refractivity contribution in [3.05, 3.63) is 60.3 Å². The molecule has 0 aliphatic rings. The third-order valence-electron chi connectivity index (χ3n) is 3.56. The molecular weight excluding hydrogens is 276 g/mol. The van der Waals surface area contributed by atoms with Gasteiger partial charge in [0.15, 0.2) is 0 Å². The highest BCUT2D eigenvalue weighted by atomic mass is 16.5. The van der Waals surface area contributed by atoms with Crippen molar-refractivity contribution in [1.29, 1.82) is 5.26 Å². The van der Waals surface area contributed by atoms with E-state index >= 15 is 0 Å². The van der Waals surface area contributed by atoms with Gasteiger partial charge in [-0.2, -0.15) is 5.26 Å². The van der Waals surface area contributed by atoms with Crippen LogP contribution in [0.25, 0.3) is 10.9 Å². The predicted molar refractivity (Wildman–Crippen MR) is 85.1 cm³/mol. The summed E-state index contributed by atoms with van der Waals surface area (Å²) < 4.78 is 13.0. The predicted octanol–water partition coefficient (Wildman–Crippen LogP) is 3.60. The number of rotatable bonds is 5. The van der Waals surface area contributed by atoms with Crippen LogP contribution < -0.4 is 9.47 Å². The fourth-order valence-electron chi connectivity index (χ4n) is 2.38. The number of hydrogen-bond acceptors (Lipinski definition) is 3. The molecule has 0 spiro atoms. The molecule has 0 unspecified atom stereocenters. The van der Waals surface area contributed by atoms with Gasteiger partial charge in [0, 0.05) is 11.7 Å². The monoisotopic (exact) mass is 292 g/mol. The zero-order chi connectivity index (χ0) is 15.4. The van der Waals surface area contributed by atoms with Crippen molar-refractivity contribution in [3.8, 4) is 17.6 Å². The van der Waals surface area contributed by atoms with Crippen molar-refractivity contribution < 1.29 is 9.47 Å². The molecule has 3 aromatic rings. The summed E-state index contributed by atoms with van der Waals surface area (Å²) in [5, 5.41) is 10.1. The van der Waals surface area contributed by atoms with Crippen molar-refractivity contribution in [2.45, 2.75) is 6.54 Å². The second-order valence-electron chi connectivity index (χ2n) is 4.92. The molecule has 0 saturated carbocycles. The van der Waals surface area contributed by atoms with Gasteiger partial charge in [0.05, 0.1) is 25.3 Å².